The highest BCUT2D eigenvalue weighted by Crippen LogP contribution is 2.21. The highest BCUT2D eigenvalue weighted by atomic mass is 16.5. The van der Waals surface area contributed by atoms with Crippen LogP contribution in [0.15, 0.2) is 59.5 Å². The van der Waals surface area contributed by atoms with E-state index in [-0.39, 0.29) is 16.8 Å². The lowest BCUT2D eigenvalue weighted by atomic mass is 10.0. The van der Waals surface area contributed by atoms with Crippen molar-refractivity contribution in [3.8, 4) is 5.75 Å². The van der Waals surface area contributed by atoms with Gasteiger partial charge in [-0.2, -0.15) is 0 Å². The molecule has 4 nitrogen and oxygen atoms in total. The number of carbonyl (C=O) groups excluding carboxylic acids is 1. The third-order valence-corrected chi connectivity index (χ3v) is 3.38. The minimum absolute atomic E-state index is 0.127. The number of methoxy groups -OCH3 is 1. The minimum Gasteiger partial charge on any atom is -0.495 e. The molecule has 3 aromatic rings. The summed E-state index contributed by atoms with van der Waals surface area (Å²) in [6.45, 7) is 0. The molecule has 104 valence electrons. The quantitative estimate of drug-likeness (QED) is 0.750. The van der Waals surface area contributed by atoms with Gasteiger partial charge in [0.25, 0.3) is 0 Å². The summed E-state index contributed by atoms with van der Waals surface area (Å²) in [6.07, 6.45) is 1.45. The fourth-order valence-corrected chi connectivity index (χ4v) is 2.31. The van der Waals surface area contributed by atoms with Crippen LogP contribution in [0.5, 0.6) is 5.75 Å². The van der Waals surface area contributed by atoms with Crippen molar-refractivity contribution < 1.29 is 9.53 Å². The lowest BCUT2D eigenvalue weighted by Gasteiger charge is -2.06. The third-order valence-electron chi connectivity index (χ3n) is 3.38. The fraction of sp³-hybridized carbons (Fsp3) is 0.0588. The molecular formula is C17H13NO3. The van der Waals surface area contributed by atoms with E-state index in [1.165, 1.54) is 13.3 Å². The number of nitrogens with one attached hydrogen (secondary N) is 1. The van der Waals surface area contributed by atoms with E-state index in [1.807, 2.05) is 6.07 Å². The molecule has 0 spiro atoms. The second-order valence-electron chi connectivity index (χ2n) is 4.61. The third kappa shape index (κ3) is 2.21. The maximum absolute atomic E-state index is 12.5. The van der Waals surface area contributed by atoms with Crippen LogP contribution in [0.1, 0.15) is 15.9 Å². The lowest BCUT2D eigenvalue weighted by molar-refractivity contribution is 0.103. The van der Waals surface area contributed by atoms with Gasteiger partial charge < -0.3 is 9.72 Å². The van der Waals surface area contributed by atoms with Gasteiger partial charge in [0.15, 0.2) is 5.78 Å². The van der Waals surface area contributed by atoms with E-state index in [4.69, 9.17) is 4.74 Å². The van der Waals surface area contributed by atoms with E-state index in [0.717, 1.165) is 0 Å². The summed E-state index contributed by atoms with van der Waals surface area (Å²) in [5, 5.41) is 0.441. The molecule has 0 saturated carbocycles. The molecule has 0 aliphatic rings. The Morgan fingerprint density at radius 2 is 1.81 bits per heavy atom. The Labute approximate surface area is 121 Å². The summed E-state index contributed by atoms with van der Waals surface area (Å²) < 4.78 is 5.21. The fourth-order valence-electron chi connectivity index (χ4n) is 2.31. The smallest absolute Gasteiger partial charge is 0.200 e. The molecule has 1 N–H and O–H groups in total. The van der Waals surface area contributed by atoms with Crippen molar-refractivity contribution in [3.05, 3.63) is 76.1 Å². The predicted octanol–water partition coefficient (Wildman–Crippen LogP) is 2.77. The second kappa shape index (κ2) is 5.25. The number of hydrogen-bond donors (Lipinski definition) is 1. The first-order chi connectivity index (χ1) is 10.2. The van der Waals surface area contributed by atoms with E-state index < -0.39 is 0 Å². The van der Waals surface area contributed by atoms with Gasteiger partial charge in [-0.05, 0) is 12.1 Å². The molecule has 0 amide bonds. The molecule has 0 aliphatic heterocycles. The van der Waals surface area contributed by atoms with Crippen molar-refractivity contribution in [3.63, 3.8) is 0 Å². The number of hydrogen-bond acceptors (Lipinski definition) is 3. The molecular weight excluding hydrogens is 266 g/mol. The standard InChI is InChI=1S/C17H13NO3/c1-21-14-9-5-8-12-15(14)18-10-13(17(12)20)16(19)11-6-3-2-4-7-11/h2-10H,1H3,(H,18,20). The van der Waals surface area contributed by atoms with Gasteiger partial charge in [0.2, 0.25) is 5.43 Å². The van der Waals surface area contributed by atoms with Crippen LogP contribution in [0.3, 0.4) is 0 Å². The van der Waals surface area contributed by atoms with Gasteiger partial charge in [0.05, 0.1) is 23.6 Å². The summed E-state index contributed by atoms with van der Waals surface area (Å²) in [5.74, 6) is 0.282. The number of ketones is 1. The molecule has 0 fully saturated rings. The molecule has 0 unspecified atom stereocenters. The minimum atomic E-state index is -0.295. The topological polar surface area (TPSA) is 59.2 Å². The second-order valence-corrected chi connectivity index (χ2v) is 4.61. The van der Waals surface area contributed by atoms with Crippen molar-refractivity contribution in [2.75, 3.05) is 7.11 Å². The molecule has 0 aliphatic carbocycles. The highest BCUT2D eigenvalue weighted by Gasteiger charge is 2.15. The maximum Gasteiger partial charge on any atom is 0.200 e. The van der Waals surface area contributed by atoms with Crippen LogP contribution in [0, 0.1) is 0 Å². The van der Waals surface area contributed by atoms with Crippen molar-refractivity contribution in [1.29, 1.82) is 0 Å². The Kier molecular flexibility index (Phi) is 3.28. The molecule has 1 aromatic heterocycles. The van der Waals surface area contributed by atoms with Crippen LogP contribution < -0.4 is 10.2 Å². The molecule has 0 saturated heterocycles. The summed E-state index contributed by atoms with van der Waals surface area (Å²) in [6, 6.07) is 13.9. The number of benzene rings is 2. The number of carbonyl (C=O) groups is 1. The first-order valence-corrected chi connectivity index (χ1v) is 6.50. The average Bonchev–Trinajstić information content (AvgIpc) is 2.55. The van der Waals surface area contributed by atoms with Crippen LogP contribution in [-0.4, -0.2) is 17.9 Å². The number of aromatic amines is 1. The summed E-state index contributed by atoms with van der Waals surface area (Å²) >= 11 is 0. The van der Waals surface area contributed by atoms with Gasteiger partial charge in [0.1, 0.15) is 5.75 Å². The van der Waals surface area contributed by atoms with E-state index in [9.17, 15) is 9.59 Å². The zero-order valence-corrected chi connectivity index (χ0v) is 11.4. The van der Waals surface area contributed by atoms with Gasteiger partial charge in [-0.15, -0.1) is 0 Å². The Morgan fingerprint density at radius 3 is 2.52 bits per heavy atom. The lowest BCUT2D eigenvalue weighted by Crippen LogP contribution is -2.16. The Morgan fingerprint density at radius 1 is 1.05 bits per heavy atom. The zero-order valence-electron chi connectivity index (χ0n) is 11.4. The van der Waals surface area contributed by atoms with Gasteiger partial charge in [-0.3, -0.25) is 9.59 Å². The molecule has 21 heavy (non-hydrogen) atoms. The number of aromatic nitrogens is 1. The zero-order chi connectivity index (χ0) is 14.8. The molecule has 4 heteroatoms. The predicted molar refractivity (Wildman–Crippen MR) is 81.0 cm³/mol. The van der Waals surface area contributed by atoms with Gasteiger partial charge in [-0.25, -0.2) is 0 Å². The SMILES string of the molecule is COc1cccc2c(=O)c(C(=O)c3ccccc3)c[nH]c12. The van der Waals surface area contributed by atoms with Crippen LogP contribution >= 0.6 is 0 Å². The highest BCUT2D eigenvalue weighted by molar-refractivity contribution is 6.10. The Balaban J connectivity index is 2.20. The maximum atomic E-state index is 12.5. The van der Waals surface area contributed by atoms with E-state index in [1.54, 1.807) is 42.5 Å². The Hall–Kier alpha value is -2.88. The molecule has 3 rings (SSSR count). The number of rotatable bonds is 3. The average molecular weight is 279 g/mol. The first-order valence-electron chi connectivity index (χ1n) is 6.50. The monoisotopic (exact) mass is 279 g/mol. The molecule has 0 bridgehead atoms. The van der Waals surface area contributed by atoms with E-state index >= 15 is 0 Å². The van der Waals surface area contributed by atoms with Crippen molar-refractivity contribution in [1.82, 2.24) is 4.98 Å². The van der Waals surface area contributed by atoms with Crippen LogP contribution in [0.2, 0.25) is 0 Å². The van der Waals surface area contributed by atoms with Crippen molar-refractivity contribution >= 4 is 16.7 Å². The number of para-hydroxylation sites is 1. The first kappa shape index (κ1) is 13.1. The summed E-state index contributed by atoms with van der Waals surface area (Å²) in [4.78, 5) is 27.9. The number of ether oxygens (including phenoxy) is 1. The number of pyridine rings is 1. The normalized spacial score (nSPS) is 10.5. The van der Waals surface area contributed by atoms with Crippen molar-refractivity contribution in [2.45, 2.75) is 0 Å². The number of fused-ring (bicyclic) bond motifs is 1. The van der Waals surface area contributed by atoms with Crippen LogP contribution in [-0.2, 0) is 0 Å². The molecule has 2 aromatic carbocycles. The van der Waals surface area contributed by atoms with Crippen LogP contribution in [0.25, 0.3) is 10.9 Å². The largest absolute Gasteiger partial charge is 0.495 e. The molecule has 0 atom stereocenters. The summed E-state index contributed by atoms with van der Waals surface area (Å²) in [5.41, 5.74) is 0.915. The molecule has 1 heterocycles. The van der Waals surface area contributed by atoms with Gasteiger partial charge >= 0.3 is 0 Å². The van der Waals surface area contributed by atoms with Crippen molar-refractivity contribution in [2.24, 2.45) is 0 Å². The number of H-pyrrole nitrogens is 1. The summed E-state index contributed by atoms with van der Waals surface area (Å²) in [7, 11) is 1.54. The molecule has 0 radical (unpaired) electrons. The van der Waals surface area contributed by atoms with Gasteiger partial charge in [0, 0.05) is 11.8 Å². The van der Waals surface area contributed by atoms with Crippen LogP contribution in [0.4, 0.5) is 0 Å². The van der Waals surface area contributed by atoms with Gasteiger partial charge in [-0.1, -0.05) is 36.4 Å². The Bertz CT molecular complexity index is 866. The van der Waals surface area contributed by atoms with E-state index in [0.29, 0.717) is 22.2 Å². The van der Waals surface area contributed by atoms with E-state index in [2.05, 4.69) is 4.98 Å².